The maximum absolute atomic E-state index is 8.87. The van der Waals surface area contributed by atoms with Gasteiger partial charge >= 0.3 is 0 Å². The highest BCUT2D eigenvalue weighted by Crippen LogP contribution is 2.17. The van der Waals surface area contributed by atoms with Crippen molar-refractivity contribution in [3.8, 4) is 0 Å². The summed E-state index contributed by atoms with van der Waals surface area (Å²) in [6.07, 6.45) is 0. The Morgan fingerprint density at radius 2 is 2.00 bits per heavy atom. The Labute approximate surface area is 72.2 Å². The lowest BCUT2D eigenvalue weighted by atomic mass is 9.96. The fraction of sp³-hybridized carbons (Fsp3) is 0.750. The van der Waals surface area contributed by atoms with Crippen molar-refractivity contribution in [2.45, 2.75) is 32.8 Å². The molecule has 0 aliphatic heterocycles. The van der Waals surface area contributed by atoms with Gasteiger partial charge in [-0.05, 0) is 0 Å². The van der Waals surface area contributed by atoms with E-state index in [1.165, 1.54) is 0 Å². The molecule has 1 N–H and O–H groups in total. The Morgan fingerprint density at radius 3 is 2.25 bits per heavy atom. The van der Waals surface area contributed by atoms with Crippen molar-refractivity contribution in [1.29, 1.82) is 0 Å². The van der Waals surface area contributed by atoms with Crippen LogP contribution in [0.15, 0.2) is 0 Å². The second-order valence-corrected chi connectivity index (χ2v) is 3.88. The first-order valence-corrected chi connectivity index (χ1v) is 3.96. The van der Waals surface area contributed by atoms with Crippen molar-refractivity contribution < 1.29 is 5.11 Å². The van der Waals surface area contributed by atoms with E-state index in [0.29, 0.717) is 5.82 Å². The number of aromatic nitrogens is 3. The Hall–Kier alpha value is -0.900. The van der Waals surface area contributed by atoms with E-state index in [-0.39, 0.29) is 12.0 Å². The van der Waals surface area contributed by atoms with Gasteiger partial charge in [-0.2, -0.15) is 5.10 Å². The molecule has 4 heteroatoms. The van der Waals surface area contributed by atoms with E-state index >= 15 is 0 Å². The van der Waals surface area contributed by atoms with Crippen molar-refractivity contribution in [2.24, 2.45) is 7.05 Å². The molecule has 68 valence electrons. The summed E-state index contributed by atoms with van der Waals surface area (Å²) in [5.41, 5.74) is -0.0504. The summed E-state index contributed by atoms with van der Waals surface area (Å²) in [6, 6.07) is 0. The molecular weight excluding hydrogens is 154 g/mol. The molecule has 12 heavy (non-hydrogen) atoms. The van der Waals surface area contributed by atoms with Crippen molar-refractivity contribution in [3.05, 3.63) is 11.6 Å². The predicted molar refractivity (Wildman–Crippen MR) is 45.6 cm³/mol. The van der Waals surface area contributed by atoms with Gasteiger partial charge in [0.2, 0.25) is 0 Å². The van der Waals surface area contributed by atoms with Gasteiger partial charge in [-0.3, -0.25) is 4.68 Å². The fourth-order valence-corrected chi connectivity index (χ4v) is 0.872. The molecule has 0 radical (unpaired) electrons. The Bertz CT molecular complexity index is 272. The van der Waals surface area contributed by atoms with Crippen LogP contribution < -0.4 is 0 Å². The highest BCUT2D eigenvalue weighted by Gasteiger charge is 2.20. The summed E-state index contributed by atoms with van der Waals surface area (Å²) in [5, 5.41) is 13.1. The maximum Gasteiger partial charge on any atom is 0.156 e. The lowest BCUT2D eigenvalue weighted by molar-refractivity contribution is 0.265. The zero-order valence-electron chi connectivity index (χ0n) is 8.00. The molecule has 1 aromatic heterocycles. The Kier molecular flexibility index (Phi) is 2.19. The number of hydrogen-bond donors (Lipinski definition) is 1. The highest BCUT2D eigenvalue weighted by molar-refractivity contribution is 5.02. The van der Waals surface area contributed by atoms with Crippen molar-refractivity contribution >= 4 is 0 Å². The van der Waals surface area contributed by atoms with Gasteiger partial charge in [0.25, 0.3) is 0 Å². The second-order valence-electron chi connectivity index (χ2n) is 3.88. The van der Waals surface area contributed by atoms with Gasteiger partial charge < -0.3 is 5.11 Å². The van der Waals surface area contributed by atoms with Crippen LogP contribution in [0.3, 0.4) is 0 Å². The molecule has 0 spiro atoms. The molecule has 0 aliphatic rings. The molecule has 4 nitrogen and oxygen atoms in total. The Morgan fingerprint density at radius 1 is 1.42 bits per heavy atom. The zero-order chi connectivity index (χ0) is 9.35. The van der Waals surface area contributed by atoms with E-state index in [9.17, 15) is 0 Å². The molecule has 0 bridgehead atoms. The van der Waals surface area contributed by atoms with Crippen LogP contribution in [-0.2, 0) is 19.1 Å². The van der Waals surface area contributed by atoms with Crippen LogP contribution >= 0.6 is 0 Å². The summed E-state index contributed by atoms with van der Waals surface area (Å²) in [6.45, 7) is 6.08. The summed E-state index contributed by atoms with van der Waals surface area (Å²) in [4.78, 5) is 4.20. The number of hydrogen-bond acceptors (Lipinski definition) is 3. The van der Waals surface area contributed by atoms with Crippen molar-refractivity contribution in [1.82, 2.24) is 14.8 Å². The summed E-state index contributed by atoms with van der Waals surface area (Å²) in [7, 11) is 1.79. The van der Waals surface area contributed by atoms with E-state index in [1.54, 1.807) is 11.7 Å². The van der Waals surface area contributed by atoms with E-state index in [2.05, 4.69) is 10.1 Å². The minimum Gasteiger partial charge on any atom is -0.388 e. The standard InChI is InChI=1S/C8H15N3O/c1-8(2,3)7-9-6(5-12)11(4)10-7/h12H,5H2,1-4H3. The molecule has 0 saturated heterocycles. The molecular formula is C8H15N3O. The molecule has 0 aliphatic carbocycles. The first kappa shape index (κ1) is 9.19. The third-order valence-corrected chi connectivity index (χ3v) is 1.67. The molecule has 1 aromatic rings. The van der Waals surface area contributed by atoms with Gasteiger partial charge in [0, 0.05) is 12.5 Å². The van der Waals surface area contributed by atoms with Crippen molar-refractivity contribution in [2.75, 3.05) is 0 Å². The average Bonchev–Trinajstić information content (AvgIpc) is 2.29. The fourth-order valence-electron chi connectivity index (χ4n) is 0.872. The Balaban J connectivity index is 3.05. The lowest BCUT2D eigenvalue weighted by Crippen LogP contribution is -2.13. The molecule has 0 amide bonds. The van der Waals surface area contributed by atoms with E-state index in [0.717, 1.165) is 5.82 Å². The number of aryl methyl sites for hydroxylation is 1. The third-order valence-electron chi connectivity index (χ3n) is 1.67. The minimum atomic E-state index is -0.0560. The van der Waals surface area contributed by atoms with E-state index < -0.39 is 0 Å². The van der Waals surface area contributed by atoms with E-state index in [4.69, 9.17) is 5.11 Å². The maximum atomic E-state index is 8.87. The zero-order valence-corrected chi connectivity index (χ0v) is 8.00. The van der Waals surface area contributed by atoms with Crippen LogP contribution in [0.5, 0.6) is 0 Å². The largest absolute Gasteiger partial charge is 0.388 e. The molecule has 0 unspecified atom stereocenters. The van der Waals surface area contributed by atoms with Crippen LogP contribution in [0.4, 0.5) is 0 Å². The topological polar surface area (TPSA) is 50.9 Å². The lowest BCUT2D eigenvalue weighted by Gasteiger charge is -2.11. The molecule has 0 fully saturated rings. The molecule has 1 heterocycles. The first-order valence-electron chi connectivity index (χ1n) is 3.96. The highest BCUT2D eigenvalue weighted by atomic mass is 16.3. The molecule has 0 atom stereocenters. The number of aliphatic hydroxyl groups excluding tert-OH is 1. The van der Waals surface area contributed by atoms with Gasteiger partial charge in [0.1, 0.15) is 6.61 Å². The smallest absolute Gasteiger partial charge is 0.156 e. The minimum absolute atomic E-state index is 0.0504. The first-order chi connectivity index (χ1) is 5.45. The van der Waals surface area contributed by atoms with Crippen LogP contribution in [-0.4, -0.2) is 19.9 Å². The summed E-state index contributed by atoms with van der Waals surface area (Å²) < 4.78 is 1.61. The van der Waals surface area contributed by atoms with Crippen LogP contribution in [0.25, 0.3) is 0 Å². The van der Waals surface area contributed by atoms with Gasteiger partial charge in [0.15, 0.2) is 11.6 Å². The second kappa shape index (κ2) is 2.86. The number of nitrogens with zero attached hydrogens (tertiary/aromatic N) is 3. The van der Waals surface area contributed by atoms with Gasteiger partial charge in [-0.1, -0.05) is 20.8 Å². The summed E-state index contributed by atoms with van der Waals surface area (Å²) >= 11 is 0. The van der Waals surface area contributed by atoms with Gasteiger partial charge in [-0.15, -0.1) is 0 Å². The van der Waals surface area contributed by atoms with Crippen molar-refractivity contribution in [3.63, 3.8) is 0 Å². The third kappa shape index (κ3) is 1.64. The van der Waals surface area contributed by atoms with E-state index in [1.807, 2.05) is 20.8 Å². The predicted octanol–water partition coefficient (Wildman–Crippen LogP) is 0.605. The number of aliphatic hydroxyl groups is 1. The van der Waals surface area contributed by atoms with Crippen LogP contribution in [0.1, 0.15) is 32.4 Å². The normalized spacial score (nSPS) is 12.1. The SMILES string of the molecule is Cn1nc(C(C)(C)C)nc1CO. The molecule has 0 saturated carbocycles. The van der Waals surface area contributed by atoms with Crippen LogP contribution in [0.2, 0.25) is 0 Å². The average molecular weight is 169 g/mol. The quantitative estimate of drug-likeness (QED) is 0.670. The van der Waals surface area contributed by atoms with Crippen LogP contribution in [0, 0.1) is 0 Å². The molecule has 0 aromatic carbocycles. The summed E-state index contributed by atoms with van der Waals surface area (Å²) in [5.74, 6) is 1.38. The van der Waals surface area contributed by atoms with Gasteiger partial charge in [-0.25, -0.2) is 4.98 Å². The monoisotopic (exact) mass is 169 g/mol. The number of rotatable bonds is 1. The molecule has 1 rings (SSSR count). The van der Waals surface area contributed by atoms with Gasteiger partial charge in [0.05, 0.1) is 0 Å².